The van der Waals surface area contributed by atoms with Gasteiger partial charge in [0.2, 0.25) is 0 Å². The van der Waals surface area contributed by atoms with Crippen LogP contribution in [-0.2, 0) is 6.42 Å². The monoisotopic (exact) mass is 249 g/mol. The Kier molecular flexibility index (Phi) is 5.18. The molecule has 1 nitrogen and oxygen atoms in total. The largest absolute Gasteiger partial charge is 0.314 e. The molecule has 0 saturated heterocycles. The molecule has 0 aliphatic heterocycles. The molecule has 2 heteroatoms. The van der Waals surface area contributed by atoms with E-state index >= 15 is 0 Å². The molecule has 1 aliphatic rings. The summed E-state index contributed by atoms with van der Waals surface area (Å²) in [7, 11) is 0. The van der Waals surface area contributed by atoms with Crippen molar-refractivity contribution in [3.63, 3.8) is 0 Å². The summed E-state index contributed by atoms with van der Waals surface area (Å²) in [5.41, 5.74) is 1.15. The summed E-state index contributed by atoms with van der Waals surface area (Å²) in [6.45, 7) is 3.23. The molecule has 0 radical (unpaired) electrons. The molecule has 1 N–H and O–H groups in total. The molecule has 100 valence electrons. The molecule has 1 aromatic carbocycles. The van der Waals surface area contributed by atoms with E-state index in [-0.39, 0.29) is 5.82 Å². The number of benzene rings is 1. The Balaban J connectivity index is 1.94. The fourth-order valence-electron chi connectivity index (χ4n) is 3.12. The van der Waals surface area contributed by atoms with E-state index in [1.54, 1.807) is 6.07 Å². The zero-order valence-corrected chi connectivity index (χ0v) is 11.3. The van der Waals surface area contributed by atoms with Crippen LogP contribution in [0.15, 0.2) is 24.3 Å². The molecule has 18 heavy (non-hydrogen) atoms. The Morgan fingerprint density at radius 3 is 2.89 bits per heavy atom. The SMILES string of the molecule is CCNC1CCCCC(Cc2cccc(F)c2)C1. The van der Waals surface area contributed by atoms with Crippen molar-refractivity contribution >= 4 is 0 Å². The highest BCUT2D eigenvalue weighted by molar-refractivity contribution is 5.17. The second-order valence-electron chi connectivity index (χ2n) is 5.47. The molecule has 2 unspecified atom stereocenters. The first kappa shape index (κ1) is 13.5. The van der Waals surface area contributed by atoms with Crippen LogP contribution in [0.4, 0.5) is 4.39 Å². The van der Waals surface area contributed by atoms with Gasteiger partial charge in [0, 0.05) is 6.04 Å². The number of halogens is 1. The molecule has 2 rings (SSSR count). The molecule has 1 fully saturated rings. The van der Waals surface area contributed by atoms with Gasteiger partial charge in [-0.15, -0.1) is 0 Å². The average Bonchev–Trinajstić information content (AvgIpc) is 2.55. The Morgan fingerprint density at radius 2 is 2.11 bits per heavy atom. The van der Waals surface area contributed by atoms with E-state index in [1.165, 1.54) is 38.2 Å². The normalized spacial score (nSPS) is 24.8. The van der Waals surface area contributed by atoms with Crippen LogP contribution in [0.2, 0.25) is 0 Å². The van der Waals surface area contributed by atoms with Crippen molar-refractivity contribution in [1.29, 1.82) is 0 Å². The van der Waals surface area contributed by atoms with E-state index in [9.17, 15) is 4.39 Å². The van der Waals surface area contributed by atoms with Crippen LogP contribution in [0.1, 0.15) is 44.6 Å². The van der Waals surface area contributed by atoms with E-state index in [0.29, 0.717) is 12.0 Å². The van der Waals surface area contributed by atoms with E-state index in [1.807, 2.05) is 6.07 Å². The molecule has 0 amide bonds. The van der Waals surface area contributed by atoms with E-state index < -0.39 is 0 Å². The minimum Gasteiger partial charge on any atom is -0.314 e. The Bertz CT molecular complexity index is 364. The van der Waals surface area contributed by atoms with Gasteiger partial charge < -0.3 is 5.32 Å². The predicted octanol–water partition coefficient (Wildman–Crippen LogP) is 3.93. The lowest BCUT2D eigenvalue weighted by Crippen LogP contribution is -2.30. The number of nitrogens with one attached hydrogen (secondary N) is 1. The molecule has 0 bridgehead atoms. The van der Waals surface area contributed by atoms with Gasteiger partial charge >= 0.3 is 0 Å². The van der Waals surface area contributed by atoms with Crippen LogP contribution in [0.5, 0.6) is 0 Å². The summed E-state index contributed by atoms with van der Waals surface area (Å²) in [6, 6.07) is 7.75. The first-order chi connectivity index (χ1) is 8.78. The van der Waals surface area contributed by atoms with Crippen molar-refractivity contribution < 1.29 is 4.39 Å². The third kappa shape index (κ3) is 4.09. The lowest BCUT2D eigenvalue weighted by atomic mass is 9.91. The van der Waals surface area contributed by atoms with Gasteiger partial charge in [-0.2, -0.15) is 0 Å². The van der Waals surface area contributed by atoms with Crippen molar-refractivity contribution in [3.05, 3.63) is 35.6 Å². The summed E-state index contributed by atoms with van der Waals surface area (Å²) in [5, 5.41) is 3.58. The van der Waals surface area contributed by atoms with Gasteiger partial charge in [0.25, 0.3) is 0 Å². The molecule has 0 heterocycles. The predicted molar refractivity (Wildman–Crippen MR) is 74.1 cm³/mol. The number of rotatable bonds is 4. The molecule has 1 aromatic rings. The zero-order valence-electron chi connectivity index (χ0n) is 11.3. The van der Waals surface area contributed by atoms with Crippen molar-refractivity contribution in [1.82, 2.24) is 5.32 Å². The van der Waals surface area contributed by atoms with Gasteiger partial charge in [-0.25, -0.2) is 4.39 Å². The fraction of sp³-hybridized carbons (Fsp3) is 0.625. The lowest BCUT2D eigenvalue weighted by molar-refractivity contribution is 0.389. The Hall–Kier alpha value is -0.890. The third-order valence-corrected chi connectivity index (χ3v) is 3.94. The van der Waals surface area contributed by atoms with Gasteiger partial charge in [0.1, 0.15) is 5.82 Å². The van der Waals surface area contributed by atoms with E-state index in [0.717, 1.165) is 18.5 Å². The van der Waals surface area contributed by atoms with Crippen LogP contribution in [0, 0.1) is 11.7 Å². The third-order valence-electron chi connectivity index (χ3n) is 3.94. The van der Waals surface area contributed by atoms with Crippen molar-refractivity contribution in [3.8, 4) is 0 Å². The molecule has 2 atom stereocenters. The van der Waals surface area contributed by atoms with Crippen LogP contribution in [-0.4, -0.2) is 12.6 Å². The maximum absolute atomic E-state index is 13.2. The zero-order chi connectivity index (χ0) is 12.8. The highest BCUT2D eigenvalue weighted by Gasteiger charge is 2.19. The Morgan fingerprint density at radius 1 is 1.28 bits per heavy atom. The molecule has 1 saturated carbocycles. The molecule has 0 spiro atoms. The van der Waals surface area contributed by atoms with E-state index in [2.05, 4.69) is 18.3 Å². The standard InChI is InChI=1S/C16H24FN/c1-2-18-16-9-4-3-6-14(12-16)10-13-7-5-8-15(17)11-13/h5,7-8,11,14,16,18H,2-4,6,9-10,12H2,1H3. The maximum atomic E-state index is 13.2. The highest BCUT2D eigenvalue weighted by Crippen LogP contribution is 2.26. The lowest BCUT2D eigenvalue weighted by Gasteiger charge is -2.20. The number of hydrogen-bond donors (Lipinski definition) is 1. The van der Waals surface area contributed by atoms with Gasteiger partial charge in [0.05, 0.1) is 0 Å². The van der Waals surface area contributed by atoms with Gasteiger partial charge in [0.15, 0.2) is 0 Å². The van der Waals surface area contributed by atoms with Crippen LogP contribution in [0.25, 0.3) is 0 Å². The van der Waals surface area contributed by atoms with Gasteiger partial charge in [-0.3, -0.25) is 0 Å². The highest BCUT2D eigenvalue weighted by atomic mass is 19.1. The van der Waals surface area contributed by atoms with Crippen molar-refractivity contribution in [2.45, 2.75) is 51.5 Å². The molecular weight excluding hydrogens is 225 g/mol. The van der Waals surface area contributed by atoms with Crippen LogP contribution >= 0.6 is 0 Å². The second kappa shape index (κ2) is 6.89. The smallest absolute Gasteiger partial charge is 0.123 e. The number of hydrogen-bond acceptors (Lipinski definition) is 1. The van der Waals surface area contributed by atoms with Gasteiger partial charge in [-0.05, 0) is 49.4 Å². The van der Waals surface area contributed by atoms with Crippen molar-refractivity contribution in [2.75, 3.05) is 6.54 Å². The second-order valence-corrected chi connectivity index (χ2v) is 5.47. The topological polar surface area (TPSA) is 12.0 Å². The van der Waals surface area contributed by atoms with Crippen LogP contribution in [0.3, 0.4) is 0 Å². The van der Waals surface area contributed by atoms with Crippen molar-refractivity contribution in [2.24, 2.45) is 5.92 Å². The summed E-state index contributed by atoms with van der Waals surface area (Å²) < 4.78 is 13.2. The van der Waals surface area contributed by atoms with E-state index in [4.69, 9.17) is 0 Å². The summed E-state index contributed by atoms with van der Waals surface area (Å²) in [6.07, 6.45) is 7.51. The quantitative estimate of drug-likeness (QED) is 0.797. The maximum Gasteiger partial charge on any atom is 0.123 e. The Labute approximate surface area is 110 Å². The molecular formula is C16H24FN. The minimum absolute atomic E-state index is 0.107. The van der Waals surface area contributed by atoms with Crippen LogP contribution < -0.4 is 5.32 Å². The first-order valence-electron chi connectivity index (χ1n) is 7.25. The summed E-state index contributed by atoms with van der Waals surface area (Å²) >= 11 is 0. The minimum atomic E-state index is -0.107. The van der Waals surface area contributed by atoms with Gasteiger partial charge in [-0.1, -0.05) is 38.3 Å². The summed E-state index contributed by atoms with van der Waals surface area (Å²) in [5.74, 6) is 0.600. The molecule has 1 aliphatic carbocycles. The first-order valence-corrected chi connectivity index (χ1v) is 7.25. The summed E-state index contributed by atoms with van der Waals surface area (Å²) in [4.78, 5) is 0. The fourth-order valence-corrected chi connectivity index (χ4v) is 3.12. The molecule has 0 aromatic heterocycles. The average molecular weight is 249 g/mol.